The van der Waals surface area contributed by atoms with Crippen LogP contribution < -0.4 is 0 Å². The zero-order valence-electron chi connectivity index (χ0n) is 21.6. The van der Waals surface area contributed by atoms with Crippen molar-refractivity contribution < 1.29 is 32.8 Å². The number of ether oxygens (including phenoxy) is 1. The molecule has 0 radical (unpaired) electrons. The quantitative estimate of drug-likeness (QED) is 0.123. The number of methoxy groups -OCH3 is 1. The van der Waals surface area contributed by atoms with E-state index in [0.717, 1.165) is 25.7 Å². The van der Waals surface area contributed by atoms with Crippen molar-refractivity contribution in [3.8, 4) is 0 Å². The van der Waals surface area contributed by atoms with E-state index in [1.807, 2.05) is 0 Å². The maximum atomic E-state index is 13.1. The Balaban J connectivity index is 1.72. The standard InChI is InChI=1S/C27H31N3O8S/c1-38-18-6-17-29-24(19-7-11-21(12-8-19)30(34)35)23(26(32)27(29)33)25(31)20-9-13-22(14-10-20)39(36,37)28-15-4-2-3-5-16-28/h7-14,24,31H,2-6,15-18H2,1H3/b25-23+. The lowest BCUT2D eigenvalue weighted by Crippen LogP contribution is -2.31. The minimum atomic E-state index is -3.71. The second-order valence-corrected chi connectivity index (χ2v) is 11.5. The number of aliphatic hydroxyl groups excluding tert-OH is 1. The van der Waals surface area contributed by atoms with E-state index in [1.54, 1.807) is 0 Å². The molecule has 2 aliphatic heterocycles. The van der Waals surface area contributed by atoms with Gasteiger partial charge in [0.2, 0.25) is 10.0 Å². The minimum Gasteiger partial charge on any atom is -0.507 e. The normalized spacial score (nSPS) is 20.2. The number of carbonyl (C=O) groups is 2. The molecule has 11 nitrogen and oxygen atoms in total. The lowest BCUT2D eigenvalue weighted by atomic mass is 9.95. The van der Waals surface area contributed by atoms with Gasteiger partial charge < -0.3 is 14.7 Å². The number of Topliss-reactive ketones (excluding diaryl/α,β-unsaturated/α-hetero) is 1. The van der Waals surface area contributed by atoms with Gasteiger partial charge in [-0.1, -0.05) is 12.8 Å². The first-order chi connectivity index (χ1) is 18.7. The summed E-state index contributed by atoms with van der Waals surface area (Å²) in [7, 11) is -2.20. The van der Waals surface area contributed by atoms with E-state index >= 15 is 0 Å². The van der Waals surface area contributed by atoms with Crippen molar-refractivity contribution in [1.29, 1.82) is 0 Å². The SMILES string of the molecule is COCCCN1C(=O)C(=O)/C(=C(/O)c2ccc(S(=O)(=O)N3CCCCCC3)cc2)C1c1ccc([N+](=O)[O-])cc1. The first-order valence-electron chi connectivity index (χ1n) is 12.8. The number of amides is 1. The maximum absolute atomic E-state index is 13.1. The lowest BCUT2D eigenvalue weighted by molar-refractivity contribution is -0.384. The average Bonchev–Trinajstić information content (AvgIpc) is 3.11. The smallest absolute Gasteiger partial charge is 0.295 e. The summed E-state index contributed by atoms with van der Waals surface area (Å²) in [6, 6.07) is 10.0. The molecule has 0 saturated carbocycles. The van der Waals surface area contributed by atoms with Crippen LogP contribution in [0.1, 0.15) is 49.3 Å². The Morgan fingerprint density at radius 2 is 1.64 bits per heavy atom. The number of non-ortho nitro benzene ring substituents is 1. The van der Waals surface area contributed by atoms with E-state index in [0.29, 0.717) is 31.7 Å². The number of sulfonamides is 1. The fraction of sp³-hybridized carbons (Fsp3) is 0.407. The molecule has 2 saturated heterocycles. The van der Waals surface area contributed by atoms with Crippen LogP contribution in [0.5, 0.6) is 0 Å². The van der Waals surface area contributed by atoms with E-state index in [4.69, 9.17) is 4.74 Å². The largest absolute Gasteiger partial charge is 0.507 e. The number of nitro benzene ring substituents is 1. The highest BCUT2D eigenvalue weighted by Crippen LogP contribution is 2.40. The van der Waals surface area contributed by atoms with Crippen molar-refractivity contribution in [2.45, 2.75) is 43.0 Å². The highest BCUT2D eigenvalue weighted by atomic mass is 32.2. The molecule has 39 heavy (non-hydrogen) atoms. The van der Waals surface area contributed by atoms with E-state index < -0.39 is 38.4 Å². The molecule has 2 fully saturated rings. The fourth-order valence-corrected chi connectivity index (χ4v) is 6.50. The Bertz CT molecular complexity index is 1360. The topological polar surface area (TPSA) is 147 Å². The first kappa shape index (κ1) is 28.4. The third-order valence-electron chi connectivity index (χ3n) is 7.04. The molecule has 2 aromatic carbocycles. The Kier molecular flexibility index (Phi) is 8.78. The van der Waals surface area contributed by atoms with Crippen LogP contribution in [-0.4, -0.2) is 72.7 Å². The molecule has 0 bridgehead atoms. The Hall–Kier alpha value is -3.61. The molecule has 208 valence electrons. The lowest BCUT2D eigenvalue weighted by Gasteiger charge is -2.25. The summed E-state index contributed by atoms with van der Waals surface area (Å²) in [4.78, 5) is 38.1. The fourth-order valence-electron chi connectivity index (χ4n) is 4.99. The number of likely N-dealkylation sites (tertiary alicyclic amines) is 1. The van der Waals surface area contributed by atoms with Crippen molar-refractivity contribution in [2.24, 2.45) is 0 Å². The summed E-state index contributed by atoms with van der Waals surface area (Å²) >= 11 is 0. The zero-order chi connectivity index (χ0) is 28.2. The van der Waals surface area contributed by atoms with Crippen molar-refractivity contribution in [3.05, 3.63) is 75.3 Å². The van der Waals surface area contributed by atoms with Crippen molar-refractivity contribution >= 4 is 33.2 Å². The maximum Gasteiger partial charge on any atom is 0.295 e. The Morgan fingerprint density at radius 1 is 1.03 bits per heavy atom. The Morgan fingerprint density at radius 3 is 2.21 bits per heavy atom. The van der Waals surface area contributed by atoms with Crippen LogP contribution >= 0.6 is 0 Å². The van der Waals surface area contributed by atoms with Gasteiger partial charge in [0.25, 0.3) is 17.4 Å². The number of aliphatic hydroxyl groups is 1. The second-order valence-electron chi connectivity index (χ2n) is 9.53. The van der Waals surface area contributed by atoms with Gasteiger partial charge in [0.1, 0.15) is 5.76 Å². The predicted molar refractivity (Wildman–Crippen MR) is 142 cm³/mol. The number of rotatable bonds is 9. The molecule has 2 aromatic rings. The van der Waals surface area contributed by atoms with Crippen LogP contribution in [0, 0.1) is 10.1 Å². The number of carbonyl (C=O) groups excluding carboxylic acids is 2. The van der Waals surface area contributed by atoms with E-state index in [9.17, 15) is 33.2 Å². The summed E-state index contributed by atoms with van der Waals surface area (Å²) in [6.07, 6.45) is 3.99. The van der Waals surface area contributed by atoms with Gasteiger partial charge >= 0.3 is 0 Å². The van der Waals surface area contributed by atoms with Gasteiger partial charge in [0.05, 0.1) is 21.4 Å². The summed E-state index contributed by atoms with van der Waals surface area (Å²) in [6.45, 7) is 1.39. The number of hydrogen-bond acceptors (Lipinski definition) is 8. The summed E-state index contributed by atoms with van der Waals surface area (Å²) in [5.74, 6) is -2.16. The average molecular weight is 558 g/mol. The molecular formula is C27H31N3O8S. The molecule has 12 heteroatoms. The molecule has 0 aromatic heterocycles. The summed E-state index contributed by atoms with van der Waals surface area (Å²) in [5, 5.41) is 22.4. The van der Waals surface area contributed by atoms with Crippen LogP contribution in [0.3, 0.4) is 0 Å². The minimum absolute atomic E-state index is 0.0767. The van der Waals surface area contributed by atoms with Crippen LogP contribution in [0.15, 0.2) is 59.0 Å². The summed E-state index contributed by atoms with van der Waals surface area (Å²) in [5.41, 5.74) is 0.261. The molecule has 0 spiro atoms. The van der Waals surface area contributed by atoms with Gasteiger partial charge in [-0.15, -0.1) is 0 Å². The number of nitrogens with zero attached hydrogens (tertiary/aromatic N) is 3. The van der Waals surface area contributed by atoms with Crippen LogP contribution in [0.4, 0.5) is 5.69 Å². The Labute approximate surface area is 226 Å². The molecular weight excluding hydrogens is 526 g/mol. The number of benzene rings is 2. The highest BCUT2D eigenvalue weighted by Gasteiger charge is 2.46. The van der Waals surface area contributed by atoms with Crippen LogP contribution in [0.2, 0.25) is 0 Å². The molecule has 0 aliphatic carbocycles. The third-order valence-corrected chi connectivity index (χ3v) is 8.95. The second kappa shape index (κ2) is 12.1. The van der Waals surface area contributed by atoms with Gasteiger partial charge in [-0.25, -0.2) is 8.42 Å². The third kappa shape index (κ3) is 5.87. The molecule has 2 heterocycles. The zero-order valence-corrected chi connectivity index (χ0v) is 22.4. The van der Waals surface area contributed by atoms with E-state index in [2.05, 4.69) is 0 Å². The van der Waals surface area contributed by atoms with Crippen molar-refractivity contribution in [3.63, 3.8) is 0 Å². The molecule has 1 amide bonds. The molecule has 2 aliphatic rings. The number of hydrogen-bond donors (Lipinski definition) is 1. The molecule has 1 unspecified atom stereocenters. The highest BCUT2D eigenvalue weighted by molar-refractivity contribution is 7.89. The predicted octanol–water partition coefficient (Wildman–Crippen LogP) is 3.62. The molecule has 4 rings (SSSR count). The monoisotopic (exact) mass is 557 g/mol. The molecule has 1 N–H and O–H groups in total. The van der Waals surface area contributed by atoms with E-state index in [-0.39, 0.29) is 28.3 Å². The van der Waals surface area contributed by atoms with E-state index in [1.165, 1.54) is 64.8 Å². The van der Waals surface area contributed by atoms with Gasteiger partial charge in [-0.05, 0) is 61.2 Å². The summed E-state index contributed by atoms with van der Waals surface area (Å²) < 4.78 is 32.8. The first-order valence-corrected chi connectivity index (χ1v) is 14.2. The van der Waals surface area contributed by atoms with Gasteiger partial charge in [0, 0.05) is 51.0 Å². The van der Waals surface area contributed by atoms with Crippen LogP contribution in [0.25, 0.3) is 5.76 Å². The van der Waals surface area contributed by atoms with Gasteiger partial charge in [-0.2, -0.15) is 4.31 Å². The van der Waals surface area contributed by atoms with Crippen molar-refractivity contribution in [1.82, 2.24) is 9.21 Å². The van der Waals surface area contributed by atoms with Crippen molar-refractivity contribution in [2.75, 3.05) is 33.4 Å². The number of nitro groups is 1. The molecule has 1 atom stereocenters. The van der Waals surface area contributed by atoms with Crippen LogP contribution in [-0.2, 0) is 24.3 Å². The number of ketones is 1. The van der Waals surface area contributed by atoms with Gasteiger partial charge in [-0.3, -0.25) is 19.7 Å². The van der Waals surface area contributed by atoms with Gasteiger partial charge in [0.15, 0.2) is 0 Å².